The summed E-state index contributed by atoms with van der Waals surface area (Å²) in [5.41, 5.74) is 0.0137. The first kappa shape index (κ1) is 12.1. The van der Waals surface area contributed by atoms with Gasteiger partial charge in [-0.15, -0.1) is 11.3 Å². The molecule has 1 saturated carbocycles. The minimum absolute atomic E-state index is 0.0137. The van der Waals surface area contributed by atoms with E-state index in [1.807, 2.05) is 11.3 Å². The molecular formula is C13H21NOS. The van der Waals surface area contributed by atoms with Crippen LogP contribution >= 0.6 is 11.3 Å². The van der Waals surface area contributed by atoms with Crippen LogP contribution in [0.15, 0.2) is 17.5 Å². The summed E-state index contributed by atoms with van der Waals surface area (Å²) < 4.78 is 0. The standard InChI is InChI=1S/C13H21NOS/c1-13(2,10-15)9-14(11-5-6-11)8-12-4-3-7-16-12/h3-4,7,11,15H,5-6,8-10H2,1-2H3. The van der Waals surface area contributed by atoms with Crippen molar-refractivity contribution >= 4 is 11.3 Å². The molecule has 0 aromatic carbocycles. The van der Waals surface area contributed by atoms with Crippen LogP contribution in [0.25, 0.3) is 0 Å². The Morgan fingerprint density at radius 2 is 2.25 bits per heavy atom. The third kappa shape index (κ3) is 3.30. The molecule has 2 rings (SSSR count). The molecule has 1 aromatic rings. The van der Waals surface area contributed by atoms with Crippen LogP contribution in [0.2, 0.25) is 0 Å². The molecule has 2 nitrogen and oxygen atoms in total. The Balaban J connectivity index is 1.95. The molecular weight excluding hydrogens is 218 g/mol. The fourth-order valence-corrected chi connectivity index (χ4v) is 2.69. The van der Waals surface area contributed by atoms with Gasteiger partial charge in [0.05, 0.1) is 0 Å². The number of thiophene rings is 1. The zero-order chi connectivity index (χ0) is 11.6. The lowest BCUT2D eigenvalue weighted by Gasteiger charge is -2.31. The molecule has 0 aliphatic heterocycles. The maximum atomic E-state index is 9.35. The van der Waals surface area contributed by atoms with Crippen LogP contribution in [0.1, 0.15) is 31.6 Å². The second-order valence-corrected chi connectivity index (χ2v) is 6.57. The maximum Gasteiger partial charge on any atom is 0.0494 e. The molecule has 3 heteroatoms. The summed E-state index contributed by atoms with van der Waals surface area (Å²) in [6.45, 7) is 6.58. The van der Waals surface area contributed by atoms with Crippen molar-refractivity contribution in [2.75, 3.05) is 13.2 Å². The van der Waals surface area contributed by atoms with Crippen LogP contribution in [0.5, 0.6) is 0 Å². The van der Waals surface area contributed by atoms with Crippen LogP contribution in [0, 0.1) is 5.41 Å². The van der Waals surface area contributed by atoms with Gasteiger partial charge in [-0.2, -0.15) is 0 Å². The first-order chi connectivity index (χ1) is 7.61. The Kier molecular flexibility index (Phi) is 3.67. The van der Waals surface area contributed by atoms with Crippen LogP contribution in [-0.2, 0) is 6.54 Å². The average molecular weight is 239 g/mol. The van der Waals surface area contributed by atoms with Crippen molar-refractivity contribution in [1.82, 2.24) is 4.90 Å². The lowest BCUT2D eigenvalue weighted by atomic mass is 9.94. The van der Waals surface area contributed by atoms with E-state index in [4.69, 9.17) is 0 Å². The van der Waals surface area contributed by atoms with E-state index in [-0.39, 0.29) is 12.0 Å². The van der Waals surface area contributed by atoms with Gasteiger partial charge in [-0.1, -0.05) is 19.9 Å². The van der Waals surface area contributed by atoms with E-state index >= 15 is 0 Å². The molecule has 0 unspecified atom stereocenters. The van der Waals surface area contributed by atoms with E-state index in [0.29, 0.717) is 0 Å². The van der Waals surface area contributed by atoms with Gasteiger partial charge < -0.3 is 5.11 Å². The van der Waals surface area contributed by atoms with E-state index in [9.17, 15) is 5.11 Å². The monoisotopic (exact) mass is 239 g/mol. The van der Waals surface area contributed by atoms with Crippen LogP contribution in [0.3, 0.4) is 0 Å². The van der Waals surface area contributed by atoms with Crippen LogP contribution in [-0.4, -0.2) is 29.2 Å². The van der Waals surface area contributed by atoms with E-state index in [1.54, 1.807) is 0 Å². The molecule has 1 fully saturated rings. The first-order valence-electron chi connectivity index (χ1n) is 5.98. The van der Waals surface area contributed by atoms with Gasteiger partial charge in [0.2, 0.25) is 0 Å². The summed E-state index contributed by atoms with van der Waals surface area (Å²) in [5.74, 6) is 0. The van der Waals surface area contributed by atoms with Crippen LogP contribution in [0.4, 0.5) is 0 Å². The molecule has 1 aromatic heterocycles. The van der Waals surface area contributed by atoms with Crippen molar-refractivity contribution in [1.29, 1.82) is 0 Å². The normalized spacial score (nSPS) is 17.0. The van der Waals surface area contributed by atoms with E-state index in [2.05, 4.69) is 36.3 Å². The molecule has 0 amide bonds. The summed E-state index contributed by atoms with van der Waals surface area (Å²) in [5, 5.41) is 11.5. The highest BCUT2D eigenvalue weighted by Crippen LogP contribution is 2.32. The number of rotatable bonds is 6. The fraction of sp³-hybridized carbons (Fsp3) is 0.692. The first-order valence-corrected chi connectivity index (χ1v) is 6.86. The second kappa shape index (κ2) is 4.86. The molecule has 0 bridgehead atoms. The molecule has 1 aliphatic rings. The Bertz CT molecular complexity index is 317. The zero-order valence-electron chi connectivity index (χ0n) is 10.1. The number of hydrogen-bond acceptors (Lipinski definition) is 3. The summed E-state index contributed by atoms with van der Waals surface area (Å²) >= 11 is 1.83. The number of aliphatic hydroxyl groups is 1. The molecule has 0 radical (unpaired) electrons. The number of nitrogens with zero attached hydrogens (tertiary/aromatic N) is 1. The molecule has 16 heavy (non-hydrogen) atoms. The summed E-state index contributed by atoms with van der Waals surface area (Å²) in [4.78, 5) is 3.96. The number of hydrogen-bond donors (Lipinski definition) is 1. The van der Waals surface area contributed by atoms with E-state index in [1.165, 1.54) is 17.7 Å². The highest BCUT2D eigenvalue weighted by atomic mass is 32.1. The highest BCUT2D eigenvalue weighted by molar-refractivity contribution is 7.09. The third-order valence-corrected chi connectivity index (χ3v) is 3.92. The lowest BCUT2D eigenvalue weighted by Crippen LogP contribution is -2.37. The maximum absolute atomic E-state index is 9.35. The van der Waals surface area contributed by atoms with Crippen molar-refractivity contribution in [3.63, 3.8) is 0 Å². The van der Waals surface area contributed by atoms with Crippen molar-refractivity contribution in [3.8, 4) is 0 Å². The van der Waals surface area contributed by atoms with Gasteiger partial charge in [-0.25, -0.2) is 0 Å². The SMILES string of the molecule is CC(C)(CO)CN(Cc1cccs1)C1CC1. The topological polar surface area (TPSA) is 23.5 Å². The van der Waals surface area contributed by atoms with Gasteiger partial charge in [0.25, 0.3) is 0 Å². The minimum atomic E-state index is 0.0137. The Morgan fingerprint density at radius 1 is 1.50 bits per heavy atom. The fourth-order valence-electron chi connectivity index (χ4n) is 1.96. The van der Waals surface area contributed by atoms with Gasteiger partial charge in [0, 0.05) is 36.0 Å². The predicted molar refractivity (Wildman–Crippen MR) is 68.6 cm³/mol. The average Bonchev–Trinajstić information content (AvgIpc) is 2.97. The van der Waals surface area contributed by atoms with Gasteiger partial charge >= 0.3 is 0 Å². The van der Waals surface area contributed by atoms with E-state index in [0.717, 1.165) is 19.1 Å². The Hall–Kier alpha value is -0.380. The van der Waals surface area contributed by atoms with Crippen molar-refractivity contribution in [2.24, 2.45) is 5.41 Å². The molecule has 1 N–H and O–H groups in total. The van der Waals surface area contributed by atoms with Gasteiger partial charge in [-0.05, 0) is 24.3 Å². The van der Waals surface area contributed by atoms with Crippen molar-refractivity contribution in [3.05, 3.63) is 22.4 Å². The molecule has 0 saturated heterocycles. The molecule has 0 atom stereocenters. The van der Waals surface area contributed by atoms with Crippen molar-refractivity contribution in [2.45, 2.75) is 39.3 Å². The van der Waals surface area contributed by atoms with E-state index < -0.39 is 0 Å². The highest BCUT2D eigenvalue weighted by Gasteiger charge is 2.32. The minimum Gasteiger partial charge on any atom is -0.396 e. The third-order valence-electron chi connectivity index (χ3n) is 3.06. The summed E-state index contributed by atoms with van der Waals surface area (Å²) in [6, 6.07) is 5.07. The largest absolute Gasteiger partial charge is 0.396 e. The molecule has 1 aliphatic carbocycles. The van der Waals surface area contributed by atoms with Crippen molar-refractivity contribution < 1.29 is 5.11 Å². The molecule has 90 valence electrons. The van der Waals surface area contributed by atoms with Crippen LogP contribution < -0.4 is 0 Å². The quantitative estimate of drug-likeness (QED) is 0.825. The Labute approximate surface area is 102 Å². The lowest BCUT2D eigenvalue weighted by molar-refractivity contribution is 0.0953. The van der Waals surface area contributed by atoms with Gasteiger partial charge in [0.1, 0.15) is 0 Å². The Morgan fingerprint density at radius 3 is 2.75 bits per heavy atom. The number of aliphatic hydroxyl groups excluding tert-OH is 1. The predicted octanol–water partition coefficient (Wildman–Crippen LogP) is 2.73. The smallest absolute Gasteiger partial charge is 0.0494 e. The van der Waals surface area contributed by atoms with Gasteiger partial charge in [0.15, 0.2) is 0 Å². The van der Waals surface area contributed by atoms with Gasteiger partial charge in [-0.3, -0.25) is 4.90 Å². The summed E-state index contributed by atoms with van der Waals surface area (Å²) in [6.07, 6.45) is 2.65. The summed E-state index contributed by atoms with van der Waals surface area (Å²) in [7, 11) is 0. The molecule has 0 spiro atoms. The molecule has 1 heterocycles. The zero-order valence-corrected chi connectivity index (χ0v) is 11.0. The second-order valence-electron chi connectivity index (χ2n) is 5.54.